The molecule has 1 fully saturated rings. The van der Waals surface area contributed by atoms with E-state index in [1.165, 1.54) is 24.3 Å². The van der Waals surface area contributed by atoms with Crippen molar-refractivity contribution in [3.63, 3.8) is 0 Å². The SMILES string of the molecule is CCc1csc(NCC2CCCS2)n1. The molecule has 1 unspecified atom stereocenters. The Balaban J connectivity index is 1.79. The van der Waals surface area contributed by atoms with Gasteiger partial charge in [0.05, 0.1) is 5.69 Å². The Morgan fingerprint density at radius 3 is 3.21 bits per heavy atom. The second kappa shape index (κ2) is 5.03. The first-order valence-corrected chi connectivity index (χ1v) is 7.11. The fraction of sp³-hybridized carbons (Fsp3) is 0.700. The van der Waals surface area contributed by atoms with Crippen LogP contribution in [0.2, 0.25) is 0 Å². The fourth-order valence-electron chi connectivity index (χ4n) is 1.56. The van der Waals surface area contributed by atoms with Crippen molar-refractivity contribution in [2.75, 3.05) is 17.6 Å². The molecule has 0 amide bonds. The van der Waals surface area contributed by atoms with Gasteiger partial charge in [-0.2, -0.15) is 11.8 Å². The molecule has 78 valence electrons. The van der Waals surface area contributed by atoms with Crippen molar-refractivity contribution in [1.29, 1.82) is 0 Å². The van der Waals surface area contributed by atoms with E-state index in [1.54, 1.807) is 11.3 Å². The smallest absolute Gasteiger partial charge is 0.182 e. The molecule has 2 rings (SSSR count). The van der Waals surface area contributed by atoms with E-state index >= 15 is 0 Å². The molecule has 2 heterocycles. The topological polar surface area (TPSA) is 24.9 Å². The maximum absolute atomic E-state index is 4.49. The molecule has 0 aliphatic carbocycles. The van der Waals surface area contributed by atoms with Crippen LogP contribution in [-0.2, 0) is 6.42 Å². The molecule has 1 aliphatic heterocycles. The van der Waals surface area contributed by atoms with Crippen molar-refractivity contribution in [3.05, 3.63) is 11.1 Å². The van der Waals surface area contributed by atoms with Crippen LogP contribution in [0, 0.1) is 0 Å². The average Bonchev–Trinajstić information content (AvgIpc) is 2.86. The van der Waals surface area contributed by atoms with E-state index in [-0.39, 0.29) is 0 Å². The summed E-state index contributed by atoms with van der Waals surface area (Å²) < 4.78 is 0. The Hall–Kier alpha value is -0.220. The predicted molar refractivity (Wildman–Crippen MR) is 65.5 cm³/mol. The van der Waals surface area contributed by atoms with Crippen LogP contribution in [0.15, 0.2) is 5.38 Å². The summed E-state index contributed by atoms with van der Waals surface area (Å²) in [7, 11) is 0. The highest BCUT2D eigenvalue weighted by Gasteiger charge is 2.15. The quantitative estimate of drug-likeness (QED) is 0.857. The number of anilines is 1. The van der Waals surface area contributed by atoms with E-state index in [0.717, 1.165) is 23.3 Å². The van der Waals surface area contributed by atoms with Crippen LogP contribution in [0.1, 0.15) is 25.5 Å². The van der Waals surface area contributed by atoms with Gasteiger partial charge < -0.3 is 5.32 Å². The number of hydrogen-bond donors (Lipinski definition) is 1. The highest BCUT2D eigenvalue weighted by Crippen LogP contribution is 2.26. The number of nitrogens with zero attached hydrogens (tertiary/aromatic N) is 1. The first-order chi connectivity index (χ1) is 6.88. The summed E-state index contributed by atoms with van der Waals surface area (Å²) in [6.07, 6.45) is 3.79. The third-order valence-corrected chi connectivity index (χ3v) is 4.67. The largest absolute Gasteiger partial charge is 0.360 e. The second-order valence-corrected chi connectivity index (χ2v) is 5.78. The lowest BCUT2D eigenvalue weighted by Gasteiger charge is -2.08. The average molecular weight is 228 g/mol. The van der Waals surface area contributed by atoms with Crippen LogP contribution in [0.3, 0.4) is 0 Å². The molecule has 0 saturated carbocycles. The summed E-state index contributed by atoms with van der Waals surface area (Å²) in [6.45, 7) is 3.23. The van der Waals surface area contributed by atoms with Crippen molar-refractivity contribution in [2.24, 2.45) is 0 Å². The molecule has 2 nitrogen and oxygen atoms in total. The lowest BCUT2D eigenvalue weighted by molar-refractivity contribution is 0.804. The molecule has 0 spiro atoms. The molecule has 1 N–H and O–H groups in total. The van der Waals surface area contributed by atoms with Crippen molar-refractivity contribution in [1.82, 2.24) is 4.98 Å². The van der Waals surface area contributed by atoms with Crippen LogP contribution in [0.5, 0.6) is 0 Å². The minimum Gasteiger partial charge on any atom is -0.360 e. The summed E-state index contributed by atoms with van der Waals surface area (Å²) >= 11 is 3.81. The number of thiazole rings is 1. The number of aryl methyl sites for hydroxylation is 1. The monoisotopic (exact) mass is 228 g/mol. The second-order valence-electron chi connectivity index (χ2n) is 3.51. The zero-order valence-corrected chi connectivity index (χ0v) is 10.1. The molecule has 0 aromatic carbocycles. The Morgan fingerprint density at radius 1 is 1.64 bits per heavy atom. The van der Waals surface area contributed by atoms with Gasteiger partial charge in [-0.15, -0.1) is 11.3 Å². The van der Waals surface area contributed by atoms with Gasteiger partial charge >= 0.3 is 0 Å². The van der Waals surface area contributed by atoms with Crippen LogP contribution in [0.25, 0.3) is 0 Å². The van der Waals surface area contributed by atoms with E-state index in [4.69, 9.17) is 0 Å². The molecular weight excluding hydrogens is 212 g/mol. The van der Waals surface area contributed by atoms with Crippen LogP contribution >= 0.6 is 23.1 Å². The predicted octanol–water partition coefficient (Wildman–Crippen LogP) is 3.01. The van der Waals surface area contributed by atoms with Crippen molar-refractivity contribution in [2.45, 2.75) is 31.4 Å². The minimum atomic E-state index is 0.809. The Bertz CT molecular complexity index is 279. The lowest BCUT2D eigenvalue weighted by Crippen LogP contribution is -2.13. The molecule has 1 atom stereocenters. The Labute approximate surface area is 93.5 Å². The van der Waals surface area contributed by atoms with Gasteiger partial charge in [-0.1, -0.05) is 6.92 Å². The zero-order valence-electron chi connectivity index (χ0n) is 8.45. The minimum absolute atomic E-state index is 0.809. The molecule has 4 heteroatoms. The summed E-state index contributed by atoms with van der Waals surface area (Å²) in [6, 6.07) is 0. The van der Waals surface area contributed by atoms with Gasteiger partial charge in [0.2, 0.25) is 0 Å². The van der Waals surface area contributed by atoms with Crippen LogP contribution in [-0.4, -0.2) is 22.5 Å². The van der Waals surface area contributed by atoms with Gasteiger partial charge in [0.15, 0.2) is 5.13 Å². The van der Waals surface area contributed by atoms with Crippen molar-refractivity contribution < 1.29 is 0 Å². The highest BCUT2D eigenvalue weighted by atomic mass is 32.2. The van der Waals surface area contributed by atoms with Gasteiger partial charge in [0, 0.05) is 17.2 Å². The van der Waals surface area contributed by atoms with Gasteiger partial charge in [-0.3, -0.25) is 0 Å². The Kier molecular flexibility index (Phi) is 3.70. The van der Waals surface area contributed by atoms with Crippen LogP contribution < -0.4 is 5.32 Å². The third kappa shape index (κ3) is 2.64. The van der Waals surface area contributed by atoms with Crippen molar-refractivity contribution in [3.8, 4) is 0 Å². The van der Waals surface area contributed by atoms with Gasteiger partial charge in [-0.25, -0.2) is 4.98 Å². The molecule has 1 aromatic heterocycles. The molecular formula is C10H16N2S2. The third-order valence-electron chi connectivity index (χ3n) is 2.42. The van der Waals surface area contributed by atoms with Gasteiger partial charge in [-0.05, 0) is 25.0 Å². The zero-order chi connectivity index (χ0) is 9.80. The number of nitrogens with one attached hydrogen (secondary N) is 1. The Morgan fingerprint density at radius 2 is 2.57 bits per heavy atom. The van der Waals surface area contributed by atoms with Crippen LogP contribution in [0.4, 0.5) is 5.13 Å². The van der Waals surface area contributed by atoms with E-state index in [1.807, 2.05) is 0 Å². The molecule has 0 radical (unpaired) electrons. The maximum Gasteiger partial charge on any atom is 0.182 e. The van der Waals surface area contributed by atoms with Gasteiger partial charge in [0.25, 0.3) is 0 Å². The summed E-state index contributed by atoms with van der Waals surface area (Å²) in [5.74, 6) is 1.34. The van der Waals surface area contributed by atoms with E-state index in [0.29, 0.717) is 0 Å². The summed E-state index contributed by atoms with van der Waals surface area (Å²) in [5.41, 5.74) is 1.21. The van der Waals surface area contributed by atoms with E-state index in [9.17, 15) is 0 Å². The van der Waals surface area contributed by atoms with E-state index < -0.39 is 0 Å². The first kappa shape index (κ1) is 10.3. The summed E-state index contributed by atoms with van der Waals surface area (Å²) in [5, 5.41) is 7.47. The molecule has 0 bridgehead atoms. The fourth-order valence-corrected chi connectivity index (χ4v) is 3.56. The maximum atomic E-state index is 4.49. The standard InChI is InChI=1S/C10H16N2S2/c1-2-8-7-14-10(12-8)11-6-9-4-3-5-13-9/h7,9H,2-6H2,1H3,(H,11,12). The lowest BCUT2D eigenvalue weighted by atomic mass is 10.2. The normalized spacial score (nSPS) is 21.4. The summed E-state index contributed by atoms with van der Waals surface area (Å²) in [4.78, 5) is 4.49. The number of thioether (sulfide) groups is 1. The number of rotatable bonds is 4. The first-order valence-electron chi connectivity index (χ1n) is 5.18. The molecule has 1 aliphatic rings. The molecule has 1 aromatic rings. The highest BCUT2D eigenvalue weighted by molar-refractivity contribution is 8.00. The molecule has 14 heavy (non-hydrogen) atoms. The van der Waals surface area contributed by atoms with E-state index in [2.05, 4.69) is 34.4 Å². The number of aromatic nitrogens is 1. The van der Waals surface area contributed by atoms with Crippen molar-refractivity contribution >= 4 is 28.2 Å². The van der Waals surface area contributed by atoms with Gasteiger partial charge in [0.1, 0.15) is 0 Å². The number of hydrogen-bond acceptors (Lipinski definition) is 4. The molecule has 1 saturated heterocycles.